The van der Waals surface area contributed by atoms with E-state index in [2.05, 4.69) is 9.97 Å². The number of nitrogens with two attached hydrogens (primary N) is 1. The number of rotatable bonds is 1. The van der Waals surface area contributed by atoms with Crippen molar-refractivity contribution in [3.8, 4) is 0 Å². The molecule has 0 saturated carbocycles. The van der Waals surface area contributed by atoms with Crippen molar-refractivity contribution in [2.45, 2.75) is 13.0 Å². The zero-order chi connectivity index (χ0) is 7.56. The Morgan fingerprint density at radius 1 is 1.70 bits per heavy atom. The smallest absolute Gasteiger partial charge is 0.146 e. The van der Waals surface area contributed by atoms with Gasteiger partial charge in [0, 0.05) is 6.20 Å². The van der Waals surface area contributed by atoms with Gasteiger partial charge in [0.15, 0.2) is 0 Å². The van der Waals surface area contributed by atoms with Crippen LogP contribution < -0.4 is 5.73 Å². The number of hydrogen-bond donors (Lipinski definition) is 1. The molecular weight excluding hydrogens is 150 g/mol. The molecule has 4 heteroatoms. The third kappa shape index (κ3) is 1.65. The molecule has 0 amide bonds. The van der Waals surface area contributed by atoms with Crippen LogP contribution in [0.4, 0.5) is 0 Å². The van der Waals surface area contributed by atoms with Crippen molar-refractivity contribution in [3.05, 3.63) is 23.2 Å². The van der Waals surface area contributed by atoms with Crippen LogP contribution in [-0.2, 0) is 0 Å². The van der Waals surface area contributed by atoms with E-state index in [0.29, 0.717) is 11.0 Å². The molecule has 0 bridgehead atoms. The largest absolute Gasteiger partial charge is 0.322 e. The lowest BCUT2D eigenvalue weighted by Crippen LogP contribution is -2.09. The summed E-state index contributed by atoms with van der Waals surface area (Å²) in [5.74, 6) is 0.576. The minimum absolute atomic E-state index is 0.154. The van der Waals surface area contributed by atoms with E-state index >= 15 is 0 Å². The van der Waals surface area contributed by atoms with Crippen molar-refractivity contribution in [1.29, 1.82) is 0 Å². The zero-order valence-corrected chi connectivity index (χ0v) is 6.34. The Balaban J connectivity index is 2.96. The van der Waals surface area contributed by atoms with Crippen LogP contribution in [0, 0.1) is 0 Å². The van der Waals surface area contributed by atoms with E-state index in [1.54, 1.807) is 12.3 Å². The molecule has 1 unspecified atom stereocenters. The maximum Gasteiger partial charge on any atom is 0.146 e. The van der Waals surface area contributed by atoms with Crippen molar-refractivity contribution in [2.24, 2.45) is 5.73 Å². The topological polar surface area (TPSA) is 51.8 Å². The standard InChI is InChI=1S/C6H8ClN3/c1-4(8)6-9-3-2-5(7)10-6/h2-4H,8H2,1H3. The normalized spacial score (nSPS) is 13.1. The van der Waals surface area contributed by atoms with Crippen LogP contribution >= 0.6 is 11.6 Å². The predicted octanol–water partition coefficient (Wildman–Crippen LogP) is 1.15. The Morgan fingerprint density at radius 3 is 2.80 bits per heavy atom. The molecule has 54 valence electrons. The van der Waals surface area contributed by atoms with E-state index in [-0.39, 0.29) is 6.04 Å². The highest BCUT2D eigenvalue weighted by molar-refractivity contribution is 6.29. The molecule has 0 spiro atoms. The van der Waals surface area contributed by atoms with Gasteiger partial charge in [-0.1, -0.05) is 11.6 Å². The van der Waals surface area contributed by atoms with Crippen LogP contribution in [0.2, 0.25) is 5.15 Å². The maximum atomic E-state index is 5.58. The Bertz CT molecular complexity index is 224. The van der Waals surface area contributed by atoms with Crippen molar-refractivity contribution in [2.75, 3.05) is 0 Å². The minimum atomic E-state index is -0.154. The fourth-order valence-electron chi connectivity index (χ4n) is 0.570. The number of nitrogens with zero attached hydrogens (tertiary/aromatic N) is 2. The Labute approximate surface area is 64.2 Å². The van der Waals surface area contributed by atoms with Gasteiger partial charge in [-0.2, -0.15) is 0 Å². The lowest BCUT2D eigenvalue weighted by molar-refractivity contribution is 0.739. The van der Waals surface area contributed by atoms with Crippen LogP contribution in [0.5, 0.6) is 0 Å². The second-order valence-corrected chi connectivity index (χ2v) is 2.41. The van der Waals surface area contributed by atoms with Crippen LogP contribution in [0.25, 0.3) is 0 Å². The average Bonchev–Trinajstić information content (AvgIpc) is 1.88. The number of hydrogen-bond acceptors (Lipinski definition) is 3. The summed E-state index contributed by atoms with van der Waals surface area (Å²) in [7, 11) is 0. The van der Waals surface area contributed by atoms with Gasteiger partial charge in [-0.15, -0.1) is 0 Å². The summed E-state index contributed by atoms with van der Waals surface area (Å²) in [6, 6.07) is 1.46. The van der Waals surface area contributed by atoms with Crippen LogP contribution in [0.15, 0.2) is 12.3 Å². The van der Waals surface area contributed by atoms with E-state index in [1.807, 2.05) is 6.92 Å². The molecule has 0 saturated heterocycles. The third-order valence-corrected chi connectivity index (χ3v) is 1.26. The molecule has 0 fully saturated rings. The highest BCUT2D eigenvalue weighted by Crippen LogP contribution is 2.06. The third-order valence-electron chi connectivity index (χ3n) is 1.05. The van der Waals surface area contributed by atoms with Crippen molar-refractivity contribution >= 4 is 11.6 Å². The summed E-state index contributed by atoms with van der Waals surface area (Å²) in [4.78, 5) is 7.82. The van der Waals surface area contributed by atoms with E-state index in [9.17, 15) is 0 Å². The molecule has 0 aliphatic carbocycles. The van der Waals surface area contributed by atoms with E-state index in [0.717, 1.165) is 0 Å². The summed E-state index contributed by atoms with van der Waals surface area (Å²) in [6.07, 6.45) is 1.59. The van der Waals surface area contributed by atoms with Crippen molar-refractivity contribution in [3.63, 3.8) is 0 Å². The first-order chi connectivity index (χ1) is 4.70. The van der Waals surface area contributed by atoms with Gasteiger partial charge in [0.2, 0.25) is 0 Å². The molecule has 1 rings (SSSR count). The fraction of sp³-hybridized carbons (Fsp3) is 0.333. The van der Waals surface area contributed by atoms with Gasteiger partial charge in [-0.05, 0) is 13.0 Å². The van der Waals surface area contributed by atoms with Gasteiger partial charge < -0.3 is 5.73 Å². The Morgan fingerprint density at radius 2 is 2.40 bits per heavy atom. The first kappa shape index (κ1) is 7.44. The lowest BCUT2D eigenvalue weighted by atomic mass is 10.3. The first-order valence-corrected chi connectivity index (χ1v) is 3.32. The molecule has 1 atom stereocenters. The molecule has 10 heavy (non-hydrogen) atoms. The lowest BCUT2D eigenvalue weighted by Gasteiger charge is -2.01. The molecule has 2 N–H and O–H groups in total. The molecule has 1 aromatic heterocycles. The van der Waals surface area contributed by atoms with Gasteiger partial charge in [0.1, 0.15) is 11.0 Å². The zero-order valence-electron chi connectivity index (χ0n) is 5.58. The van der Waals surface area contributed by atoms with Crippen LogP contribution in [-0.4, -0.2) is 9.97 Å². The first-order valence-electron chi connectivity index (χ1n) is 2.94. The molecule has 0 aliphatic heterocycles. The van der Waals surface area contributed by atoms with Gasteiger partial charge in [-0.3, -0.25) is 0 Å². The van der Waals surface area contributed by atoms with Crippen LogP contribution in [0.3, 0.4) is 0 Å². The van der Waals surface area contributed by atoms with Crippen molar-refractivity contribution < 1.29 is 0 Å². The summed E-state index contributed by atoms with van der Waals surface area (Å²) >= 11 is 5.58. The molecule has 1 heterocycles. The fourth-order valence-corrected chi connectivity index (χ4v) is 0.713. The summed E-state index contributed by atoms with van der Waals surface area (Å²) < 4.78 is 0. The summed E-state index contributed by atoms with van der Waals surface area (Å²) in [6.45, 7) is 1.81. The second-order valence-electron chi connectivity index (χ2n) is 2.03. The van der Waals surface area contributed by atoms with Crippen LogP contribution in [0.1, 0.15) is 18.8 Å². The highest BCUT2D eigenvalue weighted by Gasteiger charge is 2.01. The van der Waals surface area contributed by atoms with E-state index in [1.165, 1.54) is 0 Å². The summed E-state index contributed by atoms with van der Waals surface area (Å²) in [5.41, 5.74) is 5.50. The molecule has 0 aliphatic rings. The van der Waals surface area contributed by atoms with E-state index in [4.69, 9.17) is 17.3 Å². The minimum Gasteiger partial charge on any atom is -0.322 e. The van der Waals surface area contributed by atoms with Gasteiger partial charge in [-0.25, -0.2) is 9.97 Å². The maximum absolute atomic E-state index is 5.58. The number of halogens is 1. The molecule has 3 nitrogen and oxygen atoms in total. The predicted molar refractivity (Wildman–Crippen MR) is 39.6 cm³/mol. The Hall–Kier alpha value is -0.670. The second kappa shape index (κ2) is 2.94. The SMILES string of the molecule is CC(N)c1nccc(Cl)n1. The van der Waals surface area contributed by atoms with Gasteiger partial charge >= 0.3 is 0 Å². The summed E-state index contributed by atoms with van der Waals surface area (Å²) in [5, 5.41) is 0.433. The molecular formula is C6H8ClN3. The highest BCUT2D eigenvalue weighted by atomic mass is 35.5. The number of aromatic nitrogens is 2. The molecule has 0 radical (unpaired) electrons. The van der Waals surface area contributed by atoms with Gasteiger partial charge in [0.25, 0.3) is 0 Å². The molecule has 0 aromatic carbocycles. The Kier molecular flexibility index (Phi) is 2.19. The van der Waals surface area contributed by atoms with Gasteiger partial charge in [0.05, 0.1) is 6.04 Å². The monoisotopic (exact) mass is 157 g/mol. The average molecular weight is 158 g/mol. The van der Waals surface area contributed by atoms with E-state index < -0.39 is 0 Å². The quantitative estimate of drug-likeness (QED) is 0.623. The van der Waals surface area contributed by atoms with Crippen molar-refractivity contribution in [1.82, 2.24) is 9.97 Å². The molecule has 1 aromatic rings.